The standard InChI is InChI=1S/C21H21FN6OS2/c22-15-6-8-16(9-7-15)28-18(13-27-10-2-1-3-11-27)24-25-21(28)31-14-19-23-20(26-29-19)17-5-4-12-30-17/h4-9,12H,1-3,10-11,13-14H2. The maximum Gasteiger partial charge on any atom is 0.237 e. The Balaban J connectivity index is 1.37. The molecule has 0 bridgehead atoms. The molecule has 0 N–H and O–H groups in total. The number of hydrogen-bond donors (Lipinski definition) is 0. The summed E-state index contributed by atoms with van der Waals surface area (Å²) < 4.78 is 20.9. The second-order valence-electron chi connectivity index (χ2n) is 7.33. The molecule has 0 aliphatic carbocycles. The fourth-order valence-corrected chi connectivity index (χ4v) is 5.07. The largest absolute Gasteiger partial charge is 0.338 e. The van der Waals surface area contributed by atoms with Crippen LogP contribution >= 0.6 is 23.1 Å². The second-order valence-corrected chi connectivity index (χ2v) is 9.22. The van der Waals surface area contributed by atoms with Crippen LogP contribution in [0.5, 0.6) is 0 Å². The molecule has 0 atom stereocenters. The molecule has 1 saturated heterocycles. The second kappa shape index (κ2) is 9.29. The molecule has 160 valence electrons. The highest BCUT2D eigenvalue weighted by atomic mass is 32.2. The van der Waals surface area contributed by atoms with Gasteiger partial charge in [0.15, 0.2) is 11.0 Å². The van der Waals surface area contributed by atoms with Gasteiger partial charge >= 0.3 is 0 Å². The highest BCUT2D eigenvalue weighted by molar-refractivity contribution is 7.98. The number of benzene rings is 1. The molecule has 0 amide bonds. The van der Waals surface area contributed by atoms with Crippen LogP contribution in [0.15, 0.2) is 51.5 Å². The van der Waals surface area contributed by atoms with E-state index in [1.54, 1.807) is 23.5 Å². The van der Waals surface area contributed by atoms with E-state index in [0.29, 0.717) is 24.0 Å². The van der Waals surface area contributed by atoms with Gasteiger partial charge in [0.05, 0.1) is 17.2 Å². The monoisotopic (exact) mass is 456 g/mol. The lowest BCUT2D eigenvalue weighted by Gasteiger charge is -2.26. The predicted octanol–water partition coefficient (Wildman–Crippen LogP) is 4.80. The topological polar surface area (TPSA) is 72.9 Å². The van der Waals surface area contributed by atoms with E-state index >= 15 is 0 Å². The van der Waals surface area contributed by atoms with Crippen LogP contribution in [0.25, 0.3) is 16.4 Å². The molecule has 0 unspecified atom stereocenters. The Bertz CT molecular complexity index is 1120. The lowest BCUT2D eigenvalue weighted by atomic mass is 10.1. The Hall–Kier alpha value is -2.56. The molecule has 7 nitrogen and oxygen atoms in total. The Morgan fingerprint density at radius 1 is 1.06 bits per heavy atom. The first-order valence-corrected chi connectivity index (χ1v) is 12.0. The number of piperidine rings is 1. The van der Waals surface area contributed by atoms with Crippen molar-refractivity contribution < 1.29 is 8.91 Å². The summed E-state index contributed by atoms with van der Waals surface area (Å²) in [6.07, 6.45) is 3.69. The van der Waals surface area contributed by atoms with Crippen LogP contribution < -0.4 is 0 Å². The zero-order valence-electron chi connectivity index (χ0n) is 16.8. The molecule has 5 rings (SSSR count). The molecule has 1 aromatic carbocycles. The molecule has 0 radical (unpaired) electrons. The van der Waals surface area contributed by atoms with E-state index < -0.39 is 0 Å². The molecule has 3 aromatic heterocycles. The highest BCUT2D eigenvalue weighted by Crippen LogP contribution is 2.28. The molecule has 0 spiro atoms. The Morgan fingerprint density at radius 3 is 2.68 bits per heavy atom. The molecule has 4 heterocycles. The number of thiophene rings is 1. The zero-order valence-corrected chi connectivity index (χ0v) is 18.4. The number of nitrogens with zero attached hydrogens (tertiary/aromatic N) is 6. The molecule has 0 saturated carbocycles. The van der Waals surface area contributed by atoms with Gasteiger partial charge in [0.2, 0.25) is 11.7 Å². The summed E-state index contributed by atoms with van der Waals surface area (Å²) in [4.78, 5) is 7.85. The molecule has 1 aliphatic heterocycles. The van der Waals surface area contributed by atoms with Gasteiger partial charge in [0.25, 0.3) is 0 Å². The zero-order chi connectivity index (χ0) is 21.0. The van der Waals surface area contributed by atoms with Crippen molar-refractivity contribution in [2.24, 2.45) is 0 Å². The fraction of sp³-hybridized carbons (Fsp3) is 0.333. The predicted molar refractivity (Wildman–Crippen MR) is 118 cm³/mol. The summed E-state index contributed by atoms with van der Waals surface area (Å²) in [7, 11) is 0. The molecular weight excluding hydrogens is 435 g/mol. The van der Waals surface area contributed by atoms with E-state index in [2.05, 4.69) is 25.2 Å². The Morgan fingerprint density at radius 2 is 1.90 bits per heavy atom. The lowest BCUT2D eigenvalue weighted by molar-refractivity contribution is 0.214. The molecule has 31 heavy (non-hydrogen) atoms. The first kappa shape index (κ1) is 20.3. The van der Waals surface area contributed by atoms with Gasteiger partial charge in [-0.3, -0.25) is 9.47 Å². The van der Waals surface area contributed by atoms with Gasteiger partial charge in [0.1, 0.15) is 5.82 Å². The van der Waals surface area contributed by atoms with E-state index in [4.69, 9.17) is 4.52 Å². The van der Waals surface area contributed by atoms with E-state index in [1.807, 2.05) is 22.1 Å². The van der Waals surface area contributed by atoms with Gasteiger partial charge in [-0.25, -0.2) is 4.39 Å². The van der Waals surface area contributed by atoms with Crippen molar-refractivity contribution in [2.45, 2.75) is 36.7 Å². The van der Waals surface area contributed by atoms with Gasteiger partial charge in [0, 0.05) is 5.69 Å². The summed E-state index contributed by atoms with van der Waals surface area (Å²) in [6, 6.07) is 10.3. The van der Waals surface area contributed by atoms with Gasteiger partial charge in [-0.15, -0.1) is 21.5 Å². The maximum absolute atomic E-state index is 13.5. The normalized spacial score (nSPS) is 14.9. The third-order valence-corrected chi connectivity index (χ3v) is 6.91. The molecule has 1 aliphatic rings. The van der Waals surface area contributed by atoms with Crippen LogP contribution in [-0.4, -0.2) is 42.9 Å². The minimum atomic E-state index is -0.268. The Kier molecular flexibility index (Phi) is 6.10. The van der Waals surface area contributed by atoms with Gasteiger partial charge in [-0.1, -0.05) is 29.4 Å². The van der Waals surface area contributed by atoms with Crippen LogP contribution in [0.4, 0.5) is 4.39 Å². The van der Waals surface area contributed by atoms with Crippen molar-refractivity contribution in [3.63, 3.8) is 0 Å². The summed E-state index contributed by atoms with van der Waals surface area (Å²) in [5, 5.41) is 15.6. The number of halogens is 1. The third-order valence-electron chi connectivity index (χ3n) is 5.13. The fourth-order valence-electron chi connectivity index (χ4n) is 3.61. The number of aromatic nitrogens is 5. The van der Waals surface area contributed by atoms with Crippen molar-refractivity contribution >= 4 is 23.1 Å². The van der Waals surface area contributed by atoms with Crippen molar-refractivity contribution in [3.05, 3.63) is 59.3 Å². The summed E-state index contributed by atoms with van der Waals surface area (Å²) in [5.74, 6) is 2.17. The van der Waals surface area contributed by atoms with Gasteiger partial charge < -0.3 is 4.52 Å². The first-order chi connectivity index (χ1) is 15.3. The van der Waals surface area contributed by atoms with E-state index in [0.717, 1.165) is 34.6 Å². The summed E-state index contributed by atoms with van der Waals surface area (Å²) in [6.45, 7) is 2.84. The third kappa shape index (κ3) is 4.70. The van der Waals surface area contributed by atoms with Crippen molar-refractivity contribution in [2.75, 3.05) is 13.1 Å². The van der Waals surface area contributed by atoms with Crippen LogP contribution in [0.2, 0.25) is 0 Å². The van der Waals surface area contributed by atoms with Crippen LogP contribution in [0, 0.1) is 5.82 Å². The quantitative estimate of drug-likeness (QED) is 0.370. The molecule has 4 aromatic rings. The van der Waals surface area contributed by atoms with Gasteiger partial charge in [-0.05, 0) is 61.6 Å². The van der Waals surface area contributed by atoms with E-state index in [-0.39, 0.29) is 5.82 Å². The molecular formula is C21H21FN6OS2. The maximum atomic E-state index is 13.5. The number of likely N-dealkylation sites (tertiary alicyclic amines) is 1. The van der Waals surface area contributed by atoms with Crippen molar-refractivity contribution in [1.82, 2.24) is 29.8 Å². The van der Waals surface area contributed by atoms with Crippen molar-refractivity contribution in [1.29, 1.82) is 0 Å². The average Bonchev–Trinajstić information content (AvgIpc) is 3.55. The van der Waals surface area contributed by atoms with E-state index in [9.17, 15) is 4.39 Å². The number of rotatable bonds is 7. The number of hydrogen-bond acceptors (Lipinski definition) is 8. The summed E-state index contributed by atoms with van der Waals surface area (Å²) in [5.41, 5.74) is 0.839. The minimum absolute atomic E-state index is 0.268. The van der Waals surface area contributed by atoms with E-state index in [1.165, 1.54) is 43.2 Å². The van der Waals surface area contributed by atoms with Crippen molar-refractivity contribution in [3.8, 4) is 16.4 Å². The van der Waals surface area contributed by atoms with Crippen LogP contribution in [0.1, 0.15) is 31.0 Å². The highest BCUT2D eigenvalue weighted by Gasteiger charge is 2.20. The van der Waals surface area contributed by atoms with Crippen LogP contribution in [-0.2, 0) is 12.3 Å². The SMILES string of the molecule is Fc1ccc(-n2c(CN3CCCCC3)nnc2SCc2nc(-c3cccs3)no2)cc1. The average molecular weight is 457 g/mol. The Labute approximate surface area is 187 Å². The lowest BCUT2D eigenvalue weighted by Crippen LogP contribution is -2.30. The van der Waals surface area contributed by atoms with Crippen LogP contribution in [0.3, 0.4) is 0 Å². The smallest absolute Gasteiger partial charge is 0.237 e. The molecule has 10 heteroatoms. The molecule has 1 fully saturated rings. The van der Waals surface area contributed by atoms with Gasteiger partial charge in [-0.2, -0.15) is 4.98 Å². The minimum Gasteiger partial charge on any atom is -0.338 e. The summed E-state index contributed by atoms with van der Waals surface area (Å²) >= 11 is 3.05. The number of thioether (sulfide) groups is 1. The first-order valence-electron chi connectivity index (χ1n) is 10.2.